The second kappa shape index (κ2) is 5.72. The molecular weight excluding hydrogens is 331 g/mol. The molecule has 0 radical (unpaired) electrons. The number of halogens is 3. The van der Waals surface area contributed by atoms with Crippen LogP contribution in [0.4, 0.5) is 5.82 Å². The van der Waals surface area contributed by atoms with E-state index >= 15 is 0 Å². The maximum Gasteiger partial charge on any atom is 0.161 e. The molecule has 0 atom stereocenters. The van der Waals surface area contributed by atoms with E-state index in [9.17, 15) is 0 Å². The molecule has 0 saturated heterocycles. The highest BCUT2D eigenvalue weighted by atomic mass is 35.5. The number of hydrogen-bond donors (Lipinski definition) is 1. The number of benzene rings is 1. The summed E-state index contributed by atoms with van der Waals surface area (Å²) in [6.45, 7) is 2.47. The van der Waals surface area contributed by atoms with Gasteiger partial charge in [-0.1, -0.05) is 40.9 Å². The Hall–Kier alpha value is -1.49. The summed E-state index contributed by atoms with van der Waals surface area (Å²) in [7, 11) is 0. The summed E-state index contributed by atoms with van der Waals surface area (Å²) < 4.78 is 1.71. The van der Waals surface area contributed by atoms with E-state index < -0.39 is 0 Å². The molecule has 0 aliphatic carbocycles. The maximum absolute atomic E-state index is 6.16. The van der Waals surface area contributed by atoms with Gasteiger partial charge in [0.15, 0.2) is 5.65 Å². The number of fused-ring (bicyclic) bond motifs is 1. The Morgan fingerprint density at radius 3 is 2.76 bits per heavy atom. The van der Waals surface area contributed by atoms with Gasteiger partial charge >= 0.3 is 0 Å². The molecule has 1 aromatic carbocycles. The molecule has 1 N–H and O–H groups in total. The summed E-state index contributed by atoms with van der Waals surface area (Å²) in [4.78, 5) is 4.26. The van der Waals surface area contributed by atoms with Crippen molar-refractivity contribution in [3.05, 3.63) is 56.8 Å². The Morgan fingerprint density at radius 1 is 1.19 bits per heavy atom. The summed E-state index contributed by atoms with van der Waals surface area (Å²) >= 11 is 18.1. The van der Waals surface area contributed by atoms with Crippen molar-refractivity contribution in [1.82, 2.24) is 14.6 Å². The Balaban J connectivity index is 1.91. The van der Waals surface area contributed by atoms with Gasteiger partial charge in [-0.3, -0.25) is 0 Å². The average molecular weight is 342 g/mol. The smallest absolute Gasteiger partial charge is 0.161 e. The highest BCUT2D eigenvalue weighted by molar-refractivity contribution is 6.35. The minimum Gasteiger partial charge on any atom is -0.366 e. The first-order chi connectivity index (χ1) is 10.0. The van der Waals surface area contributed by atoms with Gasteiger partial charge in [0.1, 0.15) is 11.0 Å². The largest absolute Gasteiger partial charge is 0.366 e. The minimum absolute atomic E-state index is 0.413. The van der Waals surface area contributed by atoms with Gasteiger partial charge < -0.3 is 5.32 Å². The van der Waals surface area contributed by atoms with Gasteiger partial charge in [0, 0.05) is 28.2 Å². The number of aromatic nitrogens is 3. The molecule has 2 aromatic heterocycles. The van der Waals surface area contributed by atoms with Crippen LogP contribution >= 0.6 is 34.8 Å². The summed E-state index contributed by atoms with van der Waals surface area (Å²) in [5.41, 5.74) is 2.63. The predicted octanol–water partition coefficient (Wildman–Crippen LogP) is 4.61. The van der Waals surface area contributed by atoms with Gasteiger partial charge in [-0.2, -0.15) is 9.61 Å². The van der Waals surface area contributed by atoms with E-state index in [-0.39, 0.29) is 0 Å². The van der Waals surface area contributed by atoms with Crippen LogP contribution in [0.2, 0.25) is 15.2 Å². The van der Waals surface area contributed by atoms with Crippen LogP contribution in [-0.4, -0.2) is 14.6 Å². The van der Waals surface area contributed by atoms with E-state index in [1.54, 1.807) is 28.9 Å². The third kappa shape index (κ3) is 2.93. The molecule has 0 saturated carbocycles. The molecule has 0 aliphatic heterocycles. The van der Waals surface area contributed by atoms with E-state index in [2.05, 4.69) is 15.4 Å². The first-order valence-corrected chi connectivity index (χ1v) is 7.36. The van der Waals surface area contributed by atoms with Gasteiger partial charge in [0.05, 0.1) is 6.20 Å². The highest BCUT2D eigenvalue weighted by Gasteiger charge is 2.09. The molecule has 0 amide bonds. The van der Waals surface area contributed by atoms with Crippen LogP contribution in [0.25, 0.3) is 5.65 Å². The Kier molecular flexibility index (Phi) is 3.93. The van der Waals surface area contributed by atoms with Gasteiger partial charge in [-0.05, 0) is 24.6 Å². The third-order valence-electron chi connectivity index (χ3n) is 3.09. The fraction of sp³-hybridized carbons (Fsp3) is 0.143. The van der Waals surface area contributed by atoms with E-state index in [1.165, 1.54) is 0 Å². The summed E-state index contributed by atoms with van der Waals surface area (Å²) in [5, 5.41) is 9.19. The van der Waals surface area contributed by atoms with Crippen LogP contribution in [0.3, 0.4) is 0 Å². The van der Waals surface area contributed by atoms with Gasteiger partial charge in [-0.15, -0.1) is 0 Å². The topological polar surface area (TPSA) is 42.2 Å². The van der Waals surface area contributed by atoms with E-state index in [1.807, 2.05) is 13.0 Å². The zero-order valence-corrected chi connectivity index (χ0v) is 13.3. The Bertz CT molecular complexity index is 813. The van der Waals surface area contributed by atoms with Crippen molar-refractivity contribution in [3.63, 3.8) is 0 Å². The monoisotopic (exact) mass is 340 g/mol. The minimum atomic E-state index is 0.413. The zero-order chi connectivity index (χ0) is 15.0. The van der Waals surface area contributed by atoms with Crippen LogP contribution in [0, 0.1) is 6.92 Å². The lowest BCUT2D eigenvalue weighted by atomic mass is 10.2. The number of hydrogen-bond acceptors (Lipinski definition) is 3. The second-order valence-electron chi connectivity index (χ2n) is 4.62. The molecule has 2 heterocycles. The third-order valence-corrected chi connectivity index (χ3v) is 3.87. The molecule has 21 heavy (non-hydrogen) atoms. The standard InChI is InChI=1S/C14H11Cl3N4/c1-8-6-19-21-13(5-12(17)20-14(8)21)18-7-9-2-3-10(15)4-11(9)16/h2-6,18H,7H2,1H3. The van der Waals surface area contributed by atoms with E-state index in [4.69, 9.17) is 34.8 Å². The van der Waals surface area contributed by atoms with E-state index in [0.29, 0.717) is 21.7 Å². The second-order valence-corrected chi connectivity index (χ2v) is 5.85. The van der Waals surface area contributed by atoms with Crippen LogP contribution in [-0.2, 0) is 6.54 Å². The van der Waals surface area contributed by atoms with Gasteiger partial charge in [-0.25, -0.2) is 4.98 Å². The molecular formula is C14H11Cl3N4. The van der Waals surface area contributed by atoms with E-state index in [0.717, 1.165) is 22.6 Å². The number of aryl methyl sites for hydroxylation is 1. The summed E-state index contributed by atoms with van der Waals surface area (Å²) in [6.07, 6.45) is 1.75. The van der Waals surface area contributed by atoms with Crippen molar-refractivity contribution in [3.8, 4) is 0 Å². The van der Waals surface area contributed by atoms with Crippen molar-refractivity contribution in [2.75, 3.05) is 5.32 Å². The fourth-order valence-electron chi connectivity index (χ4n) is 2.02. The molecule has 0 fully saturated rings. The highest BCUT2D eigenvalue weighted by Crippen LogP contribution is 2.23. The van der Waals surface area contributed by atoms with Crippen molar-refractivity contribution >= 4 is 46.3 Å². The molecule has 108 valence electrons. The average Bonchev–Trinajstić information content (AvgIpc) is 2.79. The number of nitrogens with one attached hydrogen (secondary N) is 1. The number of anilines is 1. The fourth-order valence-corrected chi connectivity index (χ4v) is 2.68. The quantitative estimate of drug-likeness (QED) is 0.707. The van der Waals surface area contributed by atoms with Crippen molar-refractivity contribution in [1.29, 1.82) is 0 Å². The van der Waals surface area contributed by atoms with Crippen LogP contribution in [0.5, 0.6) is 0 Å². The summed E-state index contributed by atoms with van der Waals surface area (Å²) in [6, 6.07) is 7.13. The SMILES string of the molecule is Cc1cnn2c(NCc3ccc(Cl)cc3Cl)cc(Cl)nc12. The molecule has 7 heteroatoms. The van der Waals surface area contributed by atoms with Crippen LogP contribution in [0.1, 0.15) is 11.1 Å². The lowest BCUT2D eigenvalue weighted by Crippen LogP contribution is -2.06. The Morgan fingerprint density at radius 2 is 2.00 bits per heavy atom. The molecule has 0 aliphatic rings. The van der Waals surface area contributed by atoms with Gasteiger partial charge in [0.25, 0.3) is 0 Å². The zero-order valence-electron chi connectivity index (χ0n) is 11.1. The molecule has 4 nitrogen and oxygen atoms in total. The first-order valence-electron chi connectivity index (χ1n) is 6.23. The lowest BCUT2D eigenvalue weighted by Gasteiger charge is -2.10. The van der Waals surface area contributed by atoms with Crippen molar-refractivity contribution in [2.45, 2.75) is 13.5 Å². The number of rotatable bonds is 3. The molecule has 0 unspecified atom stereocenters. The maximum atomic E-state index is 6.16. The Labute approximate surface area is 136 Å². The number of nitrogens with zero attached hydrogens (tertiary/aromatic N) is 3. The predicted molar refractivity (Wildman–Crippen MR) is 86.5 cm³/mol. The van der Waals surface area contributed by atoms with Gasteiger partial charge in [0.2, 0.25) is 0 Å². The first kappa shape index (κ1) is 14.4. The molecule has 3 aromatic rings. The summed E-state index contributed by atoms with van der Waals surface area (Å²) in [5.74, 6) is 0.754. The molecule has 0 bridgehead atoms. The van der Waals surface area contributed by atoms with Crippen molar-refractivity contribution < 1.29 is 0 Å². The molecule has 0 spiro atoms. The normalized spacial score (nSPS) is 11.0. The van der Waals surface area contributed by atoms with Crippen molar-refractivity contribution in [2.24, 2.45) is 0 Å². The lowest BCUT2D eigenvalue weighted by molar-refractivity contribution is 0.925. The van der Waals surface area contributed by atoms with Crippen LogP contribution < -0.4 is 5.32 Å². The van der Waals surface area contributed by atoms with Crippen LogP contribution in [0.15, 0.2) is 30.5 Å². The molecule has 3 rings (SSSR count).